The van der Waals surface area contributed by atoms with Gasteiger partial charge in [-0.2, -0.15) is 0 Å². The minimum atomic E-state index is -2.41. The molecule has 1 aromatic carbocycles. The summed E-state index contributed by atoms with van der Waals surface area (Å²) in [5.41, 5.74) is 0.636. The summed E-state index contributed by atoms with van der Waals surface area (Å²) in [5.74, 6) is 0.0333. The van der Waals surface area contributed by atoms with Crippen LogP contribution in [-0.2, 0) is 0 Å². The fourth-order valence-electron chi connectivity index (χ4n) is 2.60. The molecule has 126 valence electrons. The number of benzene rings is 1. The van der Waals surface area contributed by atoms with E-state index in [0.717, 1.165) is 13.1 Å². The number of methoxy groups -OCH3 is 1. The Morgan fingerprint density at radius 3 is 2.55 bits per heavy atom. The van der Waals surface area contributed by atoms with E-state index < -0.39 is 12.5 Å². The molecule has 1 aromatic rings. The van der Waals surface area contributed by atoms with E-state index in [1.807, 2.05) is 4.90 Å². The van der Waals surface area contributed by atoms with E-state index in [2.05, 4.69) is 5.32 Å². The number of rotatable bonds is 5. The van der Waals surface area contributed by atoms with Crippen molar-refractivity contribution in [1.29, 1.82) is 0 Å². The van der Waals surface area contributed by atoms with Crippen molar-refractivity contribution in [1.82, 2.24) is 10.2 Å². The lowest BCUT2D eigenvalue weighted by Crippen LogP contribution is -2.45. The lowest BCUT2D eigenvalue weighted by atomic mass is 10.0. The molecule has 0 aromatic heterocycles. The molecule has 0 saturated carbocycles. The van der Waals surface area contributed by atoms with Gasteiger partial charge in [0.25, 0.3) is 0 Å². The van der Waals surface area contributed by atoms with Gasteiger partial charge >= 0.3 is 0 Å². The largest absolute Gasteiger partial charge is 0.503 e. The monoisotopic (exact) mass is 356 g/mol. The fourth-order valence-corrected chi connectivity index (χ4v) is 2.82. The minimum absolute atomic E-state index is 0. The number of hydrogen-bond acceptors (Lipinski definition) is 4. The second-order valence-electron chi connectivity index (χ2n) is 4.98. The molecular weight excluding hydrogens is 337 g/mol. The molecule has 1 atom stereocenters. The van der Waals surface area contributed by atoms with Crippen LogP contribution in [-0.4, -0.2) is 49.7 Å². The van der Waals surface area contributed by atoms with Crippen molar-refractivity contribution in [3.63, 3.8) is 0 Å². The van der Waals surface area contributed by atoms with E-state index >= 15 is 0 Å². The number of phenolic OH excluding ortho intramolecular Hbond substituents is 1. The van der Waals surface area contributed by atoms with E-state index in [1.54, 1.807) is 6.07 Å². The summed E-state index contributed by atoms with van der Waals surface area (Å²) in [6, 6.07) is 2.67. The minimum Gasteiger partial charge on any atom is -0.503 e. The van der Waals surface area contributed by atoms with Crippen molar-refractivity contribution in [2.24, 2.45) is 0 Å². The highest BCUT2D eigenvalue weighted by molar-refractivity contribution is 6.32. The molecule has 1 heterocycles. The molecule has 0 bridgehead atoms. The number of hydrogen-bond donors (Lipinski definition) is 2. The fraction of sp³-hybridized carbons (Fsp3) is 0.571. The van der Waals surface area contributed by atoms with Gasteiger partial charge in [0.05, 0.1) is 12.1 Å². The van der Waals surface area contributed by atoms with Crippen molar-refractivity contribution in [3.05, 3.63) is 22.7 Å². The first-order valence-corrected chi connectivity index (χ1v) is 7.20. The van der Waals surface area contributed by atoms with Crippen LogP contribution in [0.4, 0.5) is 8.78 Å². The van der Waals surface area contributed by atoms with Gasteiger partial charge < -0.3 is 15.2 Å². The van der Waals surface area contributed by atoms with E-state index in [0.29, 0.717) is 18.7 Å². The van der Waals surface area contributed by atoms with Crippen molar-refractivity contribution >= 4 is 24.0 Å². The number of nitrogens with one attached hydrogen (secondary N) is 1. The van der Waals surface area contributed by atoms with Crippen LogP contribution in [0, 0.1) is 0 Å². The average molecular weight is 357 g/mol. The summed E-state index contributed by atoms with van der Waals surface area (Å²) in [4.78, 5) is 2.00. The Morgan fingerprint density at radius 1 is 1.36 bits per heavy atom. The highest BCUT2D eigenvalue weighted by Crippen LogP contribution is 2.39. The molecule has 2 N–H and O–H groups in total. The zero-order valence-corrected chi connectivity index (χ0v) is 13.8. The van der Waals surface area contributed by atoms with Crippen LogP contribution in [0.2, 0.25) is 5.02 Å². The van der Waals surface area contributed by atoms with Crippen LogP contribution < -0.4 is 10.1 Å². The number of ether oxygens (including phenoxy) is 1. The smallest absolute Gasteiger partial charge is 0.240 e. The van der Waals surface area contributed by atoms with E-state index in [-0.39, 0.29) is 35.3 Å². The van der Waals surface area contributed by atoms with Crippen LogP contribution in [0.3, 0.4) is 0 Å². The molecule has 0 aliphatic carbocycles. The Hall–Kier alpha value is -0.820. The summed E-state index contributed by atoms with van der Waals surface area (Å²) in [6.07, 6.45) is -2.69. The van der Waals surface area contributed by atoms with Gasteiger partial charge in [0, 0.05) is 38.6 Å². The van der Waals surface area contributed by atoms with Crippen molar-refractivity contribution in [3.8, 4) is 11.5 Å². The predicted molar refractivity (Wildman–Crippen MR) is 84.7 cm³/mol. The van der Waals surface area contributed by atoms with Gasteiger partial charge in [-0.1, -0.05) is 11.6 Å². The van der Waals surface area contributed by atoms with E-state index in [9.17, 15) is 13.9 Å². The summed E-state index contributed by atoms with van der Waals surface area (Å²) in [7, 11) is 1.40. The van der Waals surface area contributed by atoms with Gasteiger partial charge in [-0.25, -0.2) is 8.78 Å². The molecule has 1 aliphatic rings. The number of halogens is 4. The van der Waals surface area contributed by atoms with Crippen molar-refractivity contribution in [2.75, 3.05) is 33.3 Å². The third kappa shape index (κ3) is 4.59. The summed E-state index contributed by atoms with van der Waals surface area (Å²) in [6.45, 7) is 2.92. The highest BCUT2D eigenvalue weighted by atomic mass is 35.5. The summed E-state index contributed by atoms with van der Waals surface area (Å²) in [5, 5.41) is 13.1. The quantitative estimate of drug-likeness (QED) is 0.850. The second kappa shape index (κ2) is 8.72. The first kappa shape index (κ1) is 19.2. The molecule has 0 amide bonds. The lowest BCUT2D eigenvalue weighted by molar-refractivity contribution is 0.0738. The topological polar surface area (TPSA) is 44.7 Å². The summed E-state index contributed by atoms with van der Waals surface area (Å²) < 4.78 is 30.9. The third-order valence-corrected chi connectivity index (χ3v) is 3.94. The van der Waals surface area contributed by atoms with Gasteiger partial charge in [-0.15, -0.1) is 12.4 Å². The molecule has 0 spiro atoms. The zero-order valence-electron chi connectivity index (χ0n) is 12.2. The molecule has 1 aliphatic heterocycles. The number of alkyl halides is 2. The normalized spacial score (nSPS) is 17.1. The molecule has 1 fully saturated rings. The van der Waals surface area contributed by atoms with Crippen LogP contribution in [0.5, 0.6) is 11.5 Å². The number of aromatic hydroxyl groups is 1. The highest BCUT2D eigenvalue weighted by Gasteiger charge is 2.27. The standard InChI is InChI=1S/C14H19ClF2N2O2.ClH/c1-21-12-7-9(6-10(15)14(12)20)11(8-13(16)17)19-4-2-18-3-5-19;/h6-7,11,13,18,20H,2-5,8H2,1H3;1H/t11-;/m1./s1. The molecule has 4 nitrogen and oxygen atoms in total. The van der Waals surface area contributed by atoms with Crippen LogP contribution in [0.1, 0.15) is 18.0 Å². The van der Waals surface area contributed by atoms with Gasteiger partial charge in [0.15, 0.2) is 11.5 Å². The molecule has 22 heavy (non-hydrogen) atoms. The Morgan fingerprint density at radius 2 is 2.00 bits per heavy atom. The number of nitrogens with zero attached hydrogens (tertiary/aromatic N) is 1. The molecule has 1 saturated heterocycles. The molecule has 8 heteroatoms. The van der Waals surface area contributed by atoms with Gasteiger partial charge in [0.2, 0.25) is 6.43 Å². The third-order valence-electron chi connectivity index (χ3n) is 3.65. The van der Waals surface area contributed by atoms with Gasteiger partial charge in [0.1, 0.15) is 0 Å². The van der Waals surface area contributed by atoms with Crippen molar-refractivity contribution in [2.45, 2.75) is 18.9 Å². The molecule has 2 rings (SSSR count). The second-order valence-corrected chi connectivity index (χ2v) is 5.39. The van der Waals surface area contributed by atoms with Crippen LogP contribution >= 0.6 is 24.0 Å². The maximum absolute atomic E-state index is 12.9. The van der Waals surface area contributed by atoms with Crippen LogP contribution in [0.25, 0.3) is 0 Å². The number of phenols is 1. The molecule has 0 unspecified atom stereocenters. The maximum atomic E-state index is 12.9. The van der Waals surface area contributed by atoms with Gasteiger partial charge in [-0.05, 0) is 17.7 Å². The van der Waals surface area contributed by atoms with Crippen LogP contribution in [0.15, 0.2) is 12.1 Å². The van der Waals surface area contributed by atoms with E-state index in [1.165, 1.54) is 13.2 Å². The number of piperazine rings is 1. The Balaban J connectivity index is 0.00000242. The van der Waals surface area contributed by atoms with Gasteiger partial charge in [-0.3, -0.25) is 4.90 Å². The summed E-state index contributed by atoms with van der Waals surface area (Å²) >= 11 is 5.97. The predicted octanol–water partition coefficient (Wildman–Crippen LogP) is 3.08. The Kier molecular flexibility index (Phi) is 7.62. The zero-order chi connectivity index (χ0) is 15.4. The molecular formula is C14H20Cl2F2N2O2. The first-order valence-electron chi connectivity index (χ1n) is 6.82. The molecule has 0 radical (unpaired) electrons. The van der Waals surface area contributed by atoms with E-state index in [4.69, 9.17) is 16.3 Å². The lowest BCUT2D eigenvalue weighted by Gasteiger charge is -2.35. The van der Waals surface area contributed by atoms with Crippen molar-refractivity contribution < 1.29 is 18.6 Å². The Labute approximate surface area is 139 Å². The Bertz CT molecular complexity index is 486. The SMILES string of the molecule is COc1cc([C@@H](CC(F)F)N2CCNCC2)cc(Cl)c1O.Cl. The first-order chi connectivity index (χ1) is 10.0. The maximum Gasteiger partial charge on any atom is 0.240 e. The average Bonchev–Trinajstić information content (AvgIpc) is 2.48.